The van der Waals surface area contributed by atoms with E-state index in [1.54, 1.807) is 36.4 Å². The average Bonchev–Trinajstić information content (AvgIpc) is 2.90. The largest absolute Gasteiger partial charge is 0.494 e. The first-order valence-electron chi connectivity index (χ1n) is 12.1. The van der Waals surface area contributed by atoms with Crippen molar-refractivity contribution in [3.63, 3.8) is 0 Å². The Kier molecular flexibility index (Phi) is 7.65. The fourth-order valence-electron chi connectivity index (χ4n) is 4.23. The maximum Gasteiger partial charge on any atom is 0.233 e. The van der Waals surface area contributed by atoms with Gasteiger partial charge in [0.05, 0.1) is 6.61 Å². The smallest absolute Gasteiger partial charge is 0.233 e. The number of hydrogen-bond donors (Lipinski definition) is 0. The van der Waals surface area contributed by atoms with E-state index in [1.165, 1.54) is 0 Å². The highest BCUT2D eigenvalue weighted by atomic mass is 16.5. The minimum atomic E-state index is -0.544. The maximum absolute atomic E-state index is 13.5. The van der Waals surface area contributed by atoms with Crippen LogP contribution >= 0.6 is 0 Å². The predicted molar refractivity (Wildman–Crippen MR) is 142 cm³/mol. The lowest BCUT2D eigenvalue weighted by Crippen LogP contribution is -2.24. The Hall–Kier alpha value is -4.18. The van der Waals surface area contributed by atoms with Crippen molar-refractivity contribution >= 4 is 11.6 Å². The Morgan fingerprint density at radius 3 is 1.97 bits per heavy atom. The van der Waals surface area contributed by atoms with E-state index < -0.39 is 11.6 Å². The molecule has 4 heteroatoms. The van der Waals surface area contributed by atoms with Gasteiger partial charge in [-0.3, -0.25) is 9.59 Å². The van der Waals surface area contributed by atoms with Crippen LogP contribution in [0.4, 0.5) is 0 Å². The van der Waals surface area contributed by atoms with Crippen LogP contribution in [-0.4, -0.2) is 18.2 Å². The molecule has 0 saturated heterocycles. The van der Waals surface area contributed by atoms with Gasteiger partial charge in [-0.15, -0.1) is 0 Å². The molecule has 0 radical (unpaired) electrons. The summed E-state index contributed by atoms with van der Waals surface area (Å²) in [5.41, 5.74) is 2.17. The van der Waals surface area contributed by atoms with Crippen molar-refractivity contribution < 1.29 is 19.1 Å². The van der Waals surface area contributed by atoms with E-state index >= 15 is 0 Å². The van der Waals surface area contributed by atoms with Crippen molar-refractivity contribution in [3.8, 4) is 17.2 Å². The van der Waals surface area contributed by atoms with Crippen LogP contribution in [-0.2, 0) is 11.8 Å². The third kappa shape index (κ3) is 5.72. The van der Waals surface area contributed by atoms with Crippen molar-refractivity contribution in [1.29, 1.82) is 0 Å². The van der Waals surface area contributed by atoms with Gasteiger partial charge in [0.1, 0.15) is 17.2 Å². The lowest BCUT2D eigenvalue weighted by Gasteiger charge is -2.28. The number of ketones is 2. The second-order valence-corrected chi connectivity index (χ2v) is 9.24. The lowest BCUT2D eigenvalue weighted by atomic mass is 9.77. The summed E-state index contributed by atoms with van der Waals surface area (Å²) in [4.78, 5) is 26.6. The number of Topliss-reactive ketones (excluding diaryl/α,β-unsaturated/α-hetero) is 2. The van der Waals surface area contributed by atoms with Crippen LogP contribution in [0.3, 0.4) is 0 Å². The molecule has 0 unspecified atom stereocenters. The molecule has 0 N–H and O–H groups in total. The molecule has 0 aliphatic heterocycles. The van der Waals surface area contributed by atoms with Gasteiger partial charge < -0.3 is 9.47 Å². The summed E-state index contributed by atoms with van der Waals surface area (Å²) in [6.45, 7) is 6.80. The highest BCUT2D eigenvalue weighted by Crippen LogP contribution is 2.36. The van der Waals surface area contributed by atoms with Gasteiger partial charge in [0.2, 0.25) is 11.6 Å². The van der Waals surface area contributed by atoms with Crippen molar-refractivity contribution in [3.05, 3.63) is 125 Å². The van der Waals surface area contributed by atoms with Gasteiger partial charge in [0, 0.05) is 16.7 Å². The van der Waals surface area contributed by atoms with Crippen LogP contribution in [0, 0.1) is 0 Å². The number of hydrogen-bond acceptors (Lipinski definition) is 4. The van der Waals surface area contributed by atoms with Crippen molar-refractivity contribution in [1.82, 2.24) is 0 Å². The quantitative estimate of drug-likeness (QED) is 0.175. The monoisotopic (exact) mass is 478 g/mol. The molecule has 182 valence electrons. The van der Waals surface area contributed by atoms with Crippen LogP contribution < -0.4 is 9.47 Å². The average molecular weight is 479 g/mol. The molecule has 0 fully saturated rings. The second-order valence-electron chi connectivity index (χ2n) is 9.24. The van der Waals surface area contributed by atoms with Crippen LogP contribution in [0.5, 0.6) is 17.2 Å². The van der Waals surface area contributed by atoms with Crippen molar-refractivity contribution in [2.45, 2.75) is 32.6 Å². The van der Waals surface area contributed by atoms with E-state index in [4.69, 9.17) is 9.47 Å². The normalized spacial score (nSPS) is 11.1. The van der Waals surface area contributed by atoms with Gasteiger partial charge in [-0.05, 0) is 54.7 Å². The van der Waals surface area contributed by atoms with E-state index in [2.05, 4.69) is 13.8 Å². The SMILES string of the molecule is CCOc1ccc(C(C)(C)Cc2c(Oc3ccccc3)cccc2C(=O)C(=O)c2ccccc2)cc1. The van der Waals surface area contributed by atoms with E-state index in [0.717, 1.165) is 11.3 Å². The minimum absolute atomic E-state index is 0.355. The molecule has 0 amide bonds. The summed E-state index contributed by atoms with van der Waals surface area (Å²) in [5.74, 6) is 0.961. The highest BCUT2D eigenvalue weighted by Gasteiger charge is 2.29. The molecule has 0 aromatic heterocycles. The first kappa shape index (κ1) is 24.9. The van der Waals surface area contributed by atoms with Gasteiger partial charge in [-0.1, -0.05) is 86.6 Å². The Labute approximate surface area is 212 Å². The summed E-state index contributed by atoms with van der Waals surface area (Å²) in [7, 11) is 0. The molecular weight excluding hydrogens is 448 g/mol. The number of benzene rings is 4. The molecule has 0 aliphatic carbocycles. The number of para-hydroxylation sites is 1. The minimum Gasteiger partial charge on any atom is -0.494 e. The summed E-state index contributed by atoms with van der Waals surface area (Å²) < 4.78 is 11.8. The number of rotatable bonds is 10. The Morgan fingerprint density at radius 2 is 1.33 bits per heavy atom. The number of ether oxygens (including phenoxy) is 2. The molecule has 4 rings (SSSR count). The molecule has 0 aliphatic rings. The molecule has 36 heavy (non-hydrogen) atoms. The second kappa shape index (κ2) is 11.0. The molecule has 0 saturated carbocycles. The Bertz CT molecular complexity index is 1320. The standard InChI is InChI=1S/C32H30O4/c1-4-35-25-20-18-24(19-21-25)32(2,3)22-28-27(31(34)30(33)23-12-7-5-8-13-23)16-11-17-29(28)36-26-14-9-6-10-15-26/h5-21H,4,22H2,1-3H3. The zero-order chi connectivity index (χ0) is 25.5. The zero-order valence-electron chi connectivity index (χ0n) is 20.9. The molecule has 4 nitrogen and oxygen atoms in total. The van der Waals surface area contributed by atoms with Crippen LogP contribution in [0.25, 0.3) is 0 Å². The van der Waals surface area contributed by atoms with Gasteiger partial charge in [0.15, 0.2) is 0 Å². The summed E-state index contributed by atoms with van der Waals surface area (Å²) >= 11 is 0. The van der Waals surface area contributed by atoms with E-state index in [1.807, 2.05) is 73.7 Å². The first-order valence-corrected chi connectivity index (χ1v) is 12.1. The molecule has 0 heterocycles. The molecule has 0 bridgehead atoms. The molecule has 4 aromatic carbocycles. The third-order valence-electron chi connectivity index (χ3n) is 6.16. The number of carbonyl (C=O) groups excluding carboxylic acids is 2. The topological polar surface area (TPSA) is 52.6 Å². The Balaban J connectivity index is 1.75. The molecule has 4 aromatic rings. The van der Waals surface area contributed by atoms with E-state index in [0.29, 0.717) is 41.2 Å². The first-order chi connectivity index (χ1) is 17.4. The maximum atomic E-state index is 13.5. The lowest BCUT2D eigenvalue weighted by molar-refractivity contribution is 0.0816. The Morgan fingerprint density at radius 1 is 0.694 bits per heavy atom. The highest BCUT2D eigenvalue weighted by molar-refractivity contribution is 6.49. The fraction of sp³-hybridized carbons (Fsp3) is 0.188. The molecule has 0 spiro atoms. The van der Waals surface area contributed by atoms with Crippen molar-refractivity contribution in [2.24, 2.45) is 0 Å². The third-order valence-corrected chi connectivity index (χ3v) is 6.16. The summed E-state index contributed by atoms with van der Waals surface area (Å²) in [5, 5.41) is 0. The predicted octanol–water partition coefficient (Wildman–Crippen LogP) is 7.46. The van der Waals surface area contributed by atoms with Crippen LogP contribution in [0.1, 0.15) is 52.6 Å². The van der Waals surface area contributed by atoms with E-state index in [9.17, 15) is 9.59 Å². The summed E-state index contributed by atoms with van der Waals surface area (Å²) in [6.07, 6.45) is 0.493. The van der Waals surface area contributed by atoms with Gasteiger partial charge in [-0.25, -0.2) is 0 Å². The van der Waals surface area contributed by atoms with Crippen LogP contribution in [0.15, 0.2) is 103 Å². The van der Waals surface area contributed by atoms with Crippen molar-refractivity contribution in [2.75, 3.05) is 6.61 Å². The van der Waals surface area contributed by atoms with E-state index in [-0.39, 0.29) is 5.41 Å². The summed E-state index contributed by atoms with van der Waals surface area (Å²) in [6, 6.07) is 31.4. The van der Waals surface area contributed by atoms with Crippen LogP contribution in [0.2, 0.25) is 0 Å². The van der Waals surface area contributed by atoms with Gasteiger partial charge >= 0.3 is 0 Å². The molecule has 0 atom stereocenters. The number of carbonyl (C=O) groups is 2. The molecular formula is C32H30O4. The fourth-order valence-corrected chi connectivity index (χ4v) is 4.23. The van der Waals surface area contributed by atoms with Gasteiger partial charge in [-0.2, -0.15) is 0 Å². The van der Waals surface area contributed by atoms with Gasteiger partial charge in [0.25, 0.3) is 0 Å². The zero-order valence-corrected chi connectivity index (χ0v) is 20.9.